The largest absolute Gasteiger partial charge is 0.496 e. The number of hydrogen-bond donors (Lipinski definition) is 0. The summed E-state index contributed by atoms with van der Waals surface area (Å²) in [6, 6.07) is 13.8. The minimum Gasteiger partial charge on any atom is -0.496 e. The number of ether oxygens (including phenoxy) is 1. The Morgan fingerprint density at radius 3 is 2.62 bits per heavy atom. The zero-order valence-corrected chi connectivity index (χ0v) is 13.4. The number of benzene rings is 2. The fourth-order valence-corrected chi connectivity index (χ4v) is 2.49. The first-order valence-corrected chi connectivity index (χ1v) is 7.50. The Hall–Kier alpha value is -1.80. The first kappa shape index (κ1) is 15.6. The van der Waals surface area contributed by atoms with E-state index < -0.39 is 0 Å². The van der Waals surface area contributed by atoms with Gasteiger partial charge < -0.3 is 4.74 Å². The first-order chi connectivity index (χ1) is 10.2. The molecule has 0 radical (unpaired) electrons. The number of aryl methyl sites for hydroxylation is 1. The van der Waals surface area contributed by atoms with Gasteiger partial charge in [-0.15, -0.1) is 0 Å². The second-order valence-electron chi connectivity index (χ2n) is 4.94. The fraction of sp³-hybridized carbons (Fsp3) is 0.278. The number of methoxy groups -OCH3 is 1. The molecule has 0 spiro atoms. The third-order valence-electron chi connectivity index (χ3n) is 3.32. The summed E-state index contributed by atoms with van der Waals surface area (Å²) in [5.74, 6) is 0.858. The SMILES string of the molecule is CCCC(=Nc1ccc(Cl)cc1C)c1ccccc1OC. The van der Waals surface area contributed by atoms with Crippen molar-refractivity contribution in [1.82, 2.24) is 0 Å². The van der Waals surface area contributed by atoms with Crippen molar-refractivity contribution < 1.29 is 4.74 Å². The van der Waals surface area contributed by atoms with Gasteiger partial charge in [0, 0.05) is 10.6 Å². The molecule has 0 aromatic heterocycles. The summed E-state index contributed by atoms with van der Waals surface area (Å²) in [5, 5.41) is 0.737. The highest BCUT2D eigenvalue weighted by molar-refractivity contribution is 6.30. The second-order valence-corrected chi connectivity index (χ2v) is 5.38. The van der Waals surface area contributed by atoms with Gasteiger partial charge in [-0.2, -0.15) is 0 Å². The number of aliphatic imine (C=N–C) groups is 1. The van der Waals surface area contributed by atoms with Crippen LogP contribution >= 0.6 is 11.6 Å². The normalized spacial score (nSPS) is 11.5. The molecule has 0 amide bonds. The molecule has 3 heteroatoms. The number of nitrogens with zero attached hydrogens (tertiary/aromatic N) is 1. The number of halogens is 1. The predicted octanol–water partition coefficient (Wildman–Crippen LogP) is 5.58. The molecule has 2 nitrogen and oxygen atoms in total. The highest BCUT2D eigenvalue weighted by Crippen LogP contribution is 2.26. The molecule has 0 bridgehead atoms. The Bertz CT molecular complexity index is 649. The quantitative estimate of drug-likeness (QED) is 0.661. The van der Waals surface area contributed by atoms with E-state index in [9.17, 15) is 0 Å². The van der Waals surface area contributed by atoms with Crippen LogP contribution in [0.4, 0.5) is 5.69 Å². The van der Waals surface area contributed by atoms with Crippen LogP contribution in [-0.4, -0.2) is 12.8 Å². The summed E-state index contributed by atoms with van der Waals surface area (Å²) in [5.41, 5.74) is 4.12. The van der Waals surface area contributed by atoms with Crippen molar-refractivity contribution in [3.05, 3.63) is 58.6 Å². The first-order valence-electron chi connectivity index (χ1n) is 7.12. The van der Waals surface area contributed by atoms with Gasteiger partial charge in [-0.05, 0) is 49.2 Å². The van der Waals surface area contributed by atoms with Crippen LogP contribution in [0.3, 0.4) is 0 Å². The highest BCUT2D eigenvalue weighted by atomic mass is 35.5. The third kappa shape index (κ3) is 3.85. The van der Waals surface area contributed by atoms with Crippen molar-refractivity contribution in [2.24, 2.45) is 4.99 Å². The number of hydrogen-bond acceptors (Lipinski definition) is 2. The molecule has 2 aromatic carbocycles. The molecule has 2 aromatic rings. The molecule has 2 rings (SSSR count). The van der Waals surface area contributed by atoms with Crippen molar-refractivity contribution in [2.75, 3.05) is 7.11 Å². The maximum Gasteiger partial charge on any atom is 0.127 e. The molecule has 0 saturated carbocycles. The summed E-state index contributed by atoms with van der Waals surface area (Å²) in [7, 11) is 1.69. The number of rotatable bonds is 5. The maximum atomic E-state index is 6.01. The lowest BCUT2D eigenvalue weighted by atomic mass is 10.0. The van der Waals surface area contributed by atoms with Crippen LogP contribution in [0, 0.1) is 6.92 Å². The summed E-state index contributed by atoms with van der Waals surface area (Å²) in [6.45, 7) is 4.18. The van der Waals surface area contributed by atoms with Crippen molar-refractivity contribution in [2.45, 2.75) is 26.7 Å². The van der Waals surface area contributed by atoms with Crippen LogP contribution in [-0.2, 0) is 0 Å². The van der Waals surface area contributed by atoms with Gasteiger partial charge in [0.2, 0.25) is 0 Å². The zero-order chi connectivity index (χ0) is 15.2. The molecule has 0 unspecified atom stereocenters. The minimum atomic E-state index is 0.737. The Labute approximate surface area is 131 Å². The summed E-state index contributed by atoms with van der Waals surface area (Å²) in [4.78, 5) is 4.85. The zero-order valence-electron chi connectivity index (χ0n) is 12.7. The van der Waals surface area contributed by atoms with E-state index in [0.29, 0.717) is 0 Å². The molecular weight excluding hydrogens is 282 g/mol. The Morgan fingerprint density at radius 2 is 1.95 bits per heavy atom. The van der Waals surface area contributed by atoms with E-state index in [1.807, 2.05) is 43.3 Å². The van der Waals surface area contributed by atoms with E-state index >= 15 is 0 Å². The predicted molar refractivity (Wildman–Crippen MR) is 90.3 cm³/mol. The highest BCUT2D eigenvalue weighted by Gasteiger charge is 2.10. The van der Waals surface area contributed by atoms with E-state index in [4.69, 9.17) is 21.3 Å². The van der Waals surface area contributed by atoms with Crippen LogP contribution in [0.25, 0.3) is 0 Å². The Balaban J connectivity index is 2.49. The summed E-state index contributed by atoms with van der Waals surface area (Å²) in [6.07, 6.45) is 1.94. The summed E-state index contributed by atoms with van der Waals surface area (Å²) < 4.78 is 5.46. The smallest absolute Gasteiger partial charge is 0.127 e. The molecular formula is C18H20ClNO. The standard InChI is InChI=1S/C18H20ClNO/c1-4-7-17(15-8-5-6-9-18(15)21-3)20-16-11-10-14(19)12-13(16)2/h5-6,8-12H,4,7H2,1-3H3. The van der Waals surface area contributed by atoms with E-state index in [0.717, 1.165) is 46.1 Å². The molecule has 0 aliphatic heterocycles. The lowest BCUT2D eigenvalue weighted by Crippen LogP contribution is -2.03. The molecule has 0 heterocycles. The molecule has 0 atom stereocenters. The van der Waals surface area contributed by atoms with Gasteiger partial charge in [0.1, 0.15) is 5.75 Å². The van der Waals surface area contributed by atoms with Crippen LogP contribution in [0.15, 0.2) is 47.5 Å². The monoisotopic (exact) mass is 301 g/mol. The molecule has 0 fully saturated rings. The van der Waals surface area contributed by atoms with Crippen LogP contribution in [0.1, 0.15) is 30.9 Å². The van der Waals surface area contributed by atoms with Gasteiger partial charge in [0.05, 0.1) is 18.5 Å². The van der Waals surface area contributed by atoms with Gasteiger partial charge in [-0.3, -0.25) is 4.99 Å². The van der Waals surface area contributed by atoms with Crippen molar-refractivity contribution in [3.63, 3.8) is 0 Å². The Morgan fingerprint density at radius 1 is 1.19 bits per heavy atom. The molecule has 0 saturated heterocycles. The average molecular weight is 302 g/mol. The van der Waals surface area contributed by atoms with Gasteiger partial charge in [0.25, 0.3) is 0 Å². The molecule has 0 aliphatic rings. The van der Waals surface area contributed by atoms with E-state index in [2.05, 4.69) is 13.0 Å². The fourth-order valence-electron chi connectivity index (χ4n) is 2.26. The molecule has 0 aliphatic carbocycles. The molecule has 110 valence electrons. The van der Waals surface area contributed by atoms with Gasteiger partial charge in [-0.25, -0.2) is 0 Å². The topological polar surface area (TPSA) is 21.6 Å². The molecule has 21 heavy (non-hydrogen) atoms. The van der Waals surface area contributed by atoms with E-state index in [1.54, 1.807) is 7.11 Å². The average Bonchev–Trinajstić information content (AvgIpc) is 2.49. The Kier molecular flexibility index (Phi) is 5.40. The number of para-hydroxylation sites is 1. The van der Waals surface area contributed by atoms with Crippen LogP contribution in [0.2, 0.25) is 5.02 Å². The van der Waals surface area contributed by atoms with Gasteiger partial charge in [-0.1, -0.05) is 37.1 Å². The second kappa shape index (κ2) is 7.28. The van der Waals surface area contributed by atoms with Gasteiger partial charge >= 0.3 is 0 Å². The summed E-state index contributed by atoms with van der Waals surface area (Å²) >= 11 is 6.01. The van der Waals surface area contributed by atoms with Crippen LogP contribution in [0.5, 0.6) is 5.75 Å². The third-order valence-corrected chi connectivity index (χ3v) is 3.55. The molecule has 0 N–H and O–H groups in total. The van der Waals surface area contributed by atoms with E-state index in [-0.39, 0.29) is 0 Å². The maximum absolute atomic E-state index is 6.01. The van der Waals surface area contributed by atoms with E-state index in [1.165, 1.54) is 0 Å². The lowest BCUT2D eigenvalue weighted by Gasteiger charge is -2.11. The van der Waals surface area contributed by atoms with Crippen molar-refractivity contribution in [3.8, 4) is 5.75 Å². The minimum absolute atomic E-state index is 0.737. The van der Waals surface area contributed by atoms with Crippen molar-refractivity contribution in [1.29, 1.82) is 0 Å². The lowest BCUT2D eigenvalue weighted by molar-refractivity contribution is 0.414. The van der Waals surface area contributed by atoms with Gasteiger partial charge in [0.15, 0.2) is 0 Å². The van der Waals surface area contributed by atoms with Crippen molar-refractivity contribution >= 4 is 23.0 Å². The van der Waals surface area contributed by atoms with Crippen LogP contribution < -0.4 is 4.74 Å².